The van der Waals surface area contributed by atoms with Crippen LogP contribution in [0.4, 0.5) is 17.8 Å². The number of aromatic nitrogens is 3. The summed E-state index contributed by atoms with van der Waals surface area (Å²) >= 11 is 0. The van der Waals surface area contributed by atoms with Crippen molar-refractivity contribution in [3.63, 3.8) is 0 Å². The second-order valence-corrected chi connectivity index (χ2v) is 4.89. The highest BCUT2D eigenvalue weighted by Crippen LogP contribution is 2.14. The first-order valence-corrected chi connectivity index (χ1v) is 7.07. The molecule has 1 aromatic rings. The maximum Gasteiger partial charge on any atom is 0.231 e. The average Bonchev–Trinajstić information content (AvgIpc) is 2.43. The van der Waals surface area contributed by atoms with Crippen LogP contribution in [0.5, 0.6) is 0 Å². The number of aliphatic hydroxyl groups excluding tert-OH is 1. The predicted molar refractivity (Wildman–Crippen MR) is 82.5 cm³/mol. The van der Waals surface area contributed by atoms with Gasteiger partial charge in [0.1, 0.15) is 0 Å². The molecule has 0 saturated heterocycles. The largest absolute Gasteiger partial charge is 0.396 e. The van der Waals surface area contributed by atoms with E-state index in [1.54, 1.807) is 0 Å². The van der Waals surface area contributed by atoms with Crippen LogP contribution < -0.4 is 15.1 Å². The summed E-state index contributed by atoms with van der Waals surface area (Å²) in [6.07, 6.45) is 2.86. The van der Waals surface area contributed by atoms with Crippen molar-refractivity contribution in [2.45, 2.75) is 26.2 Å². The van der Waals surface area contributed by atoms with Crippen molar-refractivity contribution in [1.82, 2.24) is 15.0 Å². The molecule has 0 radical (unpaired) electrons. The Morgan fingerprint density at radius 1 is 1.00 bits per heavy atom. The molecule has 0 spiro atoms. The van der Waals surface area contributed by atoms with Gasteiger partial charge >= 0.3 is 0 Å². The summed E-state index contributed by atoms with van der Waals surface area (Å²) in [6.45, 7) is 3.90. The number of anilines is 3. The van der Waals surface area contributed by atoms with Crippen LogP contribution in [0.1, 0.15) is 26.2 Å². The second-order valence-electron chi connectivity index (χ2n) is 4.89. The first-order valence-electron chi connectivity index (χ1n) is 7.07. The maximum atomic E-state index is 8.78. The zero-order valence-electron chi connectivity index (χ0n) is 12.9. The van der Waals surface area contributed by atoms with Crippen molar-refractivity contribution in [2.75, 3.05) is 56.0 Å². The zero-order chi connectivity index (χ0) is 15.0. The van der Waals surface area contributed by atoms with E-state index in [2.05, 4.69) is 20.3 Å². The fraction of sp³-hybridized carbons (Fsp3) is 0.769. The Bertz CT molecular complexity index is 398. The van der Waals surface area contributed by atoms with E-state index in [-0.39, 0.29) is 6.61 Å². The topological polar surface area (TPSA) is 77.4 Å². The first kappa shape index (κ1) is 16.4. The van der Waals surface area contributed by atoms with Crippen molar-refractivity contribution in [1.29, 1.82) is 0 Å². The van der Waals surface area contributed by atoms with Crippen LogP contribution in [0.25, 0.3) is 0 Å². The molecule has 2 N–H and O–H groups in total. The summed E-state index contributed by atoms with van der Waals surface area (Å²) in [5, 5.41) is 11.9. The van der Waals surface area contributed by atoms with E-state index in [4.69, 9.17) is 5.11 Å². The van der Waals surface area contributed by atoms with Gasteiger partial charge in [-0.1, -0.05) is 0 Å². The molecule has 1 aromatic heterocycles. The highest BCUT2D eigenvalue weighted by molar-refractivity contribution is 5.43. The lowest BCUT2D eigenvalue weighted by atomic mass is 10.2. The molecule has 0 bridgehead atoms. The van der Waals surface area contributed by atoms with Gasteiger partial charge in [-0.25, -0.2) is 0 Å². The minimum atomic E-state index is 0.255. The van der Waals surface area contributed by atoms with Crippen LogP contribution in [0.2, 0.25) is 0 Å². The van der Waals surface area contributed by atoms with Crippen molar-refractivity contribution in [3.8, 4) is 0 Å². The summed E-state index contributed by atoms with van der Waals surface area (Å²) in [6, 6.07) is 0. The third-order valence-corrected chi connectivity index (χ3v) is 2.84. The number of aliphatic hydroxyl groups is 1. The van der Waals surface area contributed by atoms with E-state index < -0.39 is 0 Å². The fourth-order valence-corrected chi connectivity index (χ4v) is 1.70. The third kappa shape index (κ3) is 5.16. The van der Waals surface area contributed by atoms with Gasteiger partial charge < -0.3 is 20.2 Å². The number of nitrogens with one attached hydrogen (secondary N) is 1. The van der Waals surface area contributed by atoms with Crippen molar-refractivity contribution in [3.05, 3.63) is 0 Å². The number of rotatable bonds is 9. The molecule has 0 amide bonds. The summed E-state index contributed by atoms with van der Waals surface area (Å²) in [5.41, 5.74) is 0. The summed E-state index contributed by atoms with van der Waals surface area (Å²) < 4.78 is 0. The van der Waals surface area contributed by atoms with Crippen LogP contribution >= 0.6 is 0 Å². The van der Waals surface area contributed by atoms with Crippen LogP contribution in [-0.4, -0.2) is 60.9 Å². The molecular weight excluding hydrogens is 256 g/mol. The molecule has 0 aliphatic carbocycles. The monoisotopic (exact) mass is 282 g/mol. The van der Waals surface area contributed by atoms with Gasteiger partial charge in [0.15, 0.2) is 0 Å². The summed E-state index contributed by atoms with van der Waals surface area (Å²) in [4.78, 5) is 17.1. The maximum absolute atomic E-state index is 8.78. The molecule has 0 fully saturated rings. The van der Waals surface area contributed by atoms with E-state index in [0.717, 1.165) is 32.4 Å². The van der Waals surface area contributed by atoms with E-state index in [9.17, 15) is 0 Å². The molecule has 114 valence electrons. The Morgan fingerprint density at radius 2 is 1.70 bits per heavy atom. The quantitative estimate of drug-likeness (QED) is 0.653. The van der Waals surface area contributed by atoms with Crippen LogP contribution in [0.15, 0.2) is 0 Å². The van der Waals surface area contributed by atoms with Gasteiger partial charge in [0.2, 0.25) is 17.8 Å². The molecule has 0 aliphatic heterocycles. The molecule has 0 saturated carbocycles. The fourth-order valence-electron chi connectivity index (χ4n) is 1.70. The van der Waals surface area contributed by atoms with Gasteiger partial charge in [0, 0.05) is 40.8 Å². The van der Waals surface area contributed by atoms with Crippen molar-refractivity contribution >= 4 is 17.8 Å². The van der Waals surface area contributed by atoms with Gasteiger partial charge in [-0.2, -0.15) is 15.0 Å². The Hall–Kier alpha value is -1.63. The lowest BCUT2D eigenvalue weighted by molar-refractivity contribution is 0.283. The summed E-state index contributed by atoms with van der Waals surface area (Å²) in [5.74, 6) is 1.92. The Balaban J connectivity index is 2.75. The number of hydrogen-bond acceptors (Lipinski definition) is 7. The first-order chi connectivity index (χ1) is 9.58. The average molecular weight is 282 g/mol. The van der Waals surface area contributed by atoms with Crippen LogP contribution in [-0.2, 0) is 0 Å². The number of nitrogens with zero attached hydrogens (tertiary/aromatic N) is 5. The zero-order valence-corrected chi connectivity index (χ0v) is 12.9. The van der Waals surface area contributed by atoms with Gasteiger partial charge in [0.25, 0.3) is 0 Å². The molecule has 1 rings (SSSR count). The SMILES string of the molecule is CCNc1nc(N(C)C)nc(N(C)CCCCCO)n1. The standard InChI is InChI=1S/C13H26N6O/c1-5-14-11-15-12(18(2)3)17-13(16-11)19(4)9-7-6-8-10-20/h20H,5-10H2,1-4H3,(H,14,15,16,17). The molecular formula is C13H26N6O. The molecule has 20 heavy (non-hydrogen) atoms. The molecule has 7 heteroatoms. The van der Waals surface area contributed by atoms with E-state index >= 15 is 0 Å². The van der Waals surface area contributed by atoms with Crippen molar-refractivity contribution in [2.24, 2.45) is 0 Å². The minimum absolute atomic E-state index is 0.255. The lowest BCUT2D eigenvalue weighted by Crippen LogP contribution is -2.24. The van der Waals surface area contributed by atoms with Gasteiger partial charge in [0.05, 0.1) is 0 Å². The molecule has 0 unspecified atom stereocenters. The van der Waals surface area contributed by atoms with E-state index in [0.29, 0.717) is 17.8 Å². The highest BCUT2D eigenvalue weighted by atomic mass is 16.2. The Morgan fingerprint density at radius 3 is 2.30 bits per heavy atom. The second kappa shape index (κ2) is 8.52. The van der Waals surface area contributed by atoms with Gasteiger partial charge in [-0.3, -0.25) is 0 Å². The predicted octanol–water partition coefficient (Wildman–Crippen LogP) is 0.968. The highest BCUT2D eigenvalue weighted by Gasteiger charge is 2.11. The van der Waals surface area contributed by atoms with E-state index in [1.165, 1.54) is 0 Å². The van der Waals surface area contributed by atoms with Crippen LogP contribution in [0, 0.1) is 0 Å². The van der Waals surface area contributed by atoms with Gasteiger partial charge in [-0.05, 0) is 26.2 Å². The molecule has 1 heterocycles. The summed E-state index contributed by atoms with van der Waals surface area (Å²) in [7, 11) is 5.80. The number of unbranched alkanes of at least 4 members (excludes halogenated alkanes) is 2. The normalized spacial score (nSPS) is 10.4. The molecule has 0 atom stereocenters. The molecule has 0 aliphatic rings. The third-order valence-electron chi connectivity index (χ3n) is 2.84. The van der Waals surface area contributed by atoms with E-state index in [1.807, 2.05) is 37.9 Å². The number of hydrogen-bond donors (Lipinski definition) is 2. The smallest absolute Gasteiger partial charge is 0.231 e. The molecule has 7 nitrogen and oxygen atoms in total. The van der Waals surface area contributed by atoms with Crippen molar-refractivity contribution < 1.29 is 5.11 Å². The Labute approximate surface area is 121 Å². The lowest BCUT2D eigenvalue weighted by Gasteiger charge is -2.19. The molecule has 0 aromatic carbocycles. The van der Waals surface area contributed by atoms with Crippen LogP contribution in [0.3, 0.4) is 0 Å². The van der Waals surface area contributed by atoms with Gasteiger partial charge in [-0.15, -0.1) is 0 Å². The minimum Gasteiger partial charge on any atom is -0.396 e. The Kier molecular flexibility index (Phi) is 7.00.